The fourth-order valence-electron chi connectivity index (χ4n) is 2.37. The number of nitrogens with zero attached hydrogens (tertiary/aromatic N) is 3. The van der Waals surface area contributed by atoms with Gasteiger partial charge in [-0.2, -0.15) is 5.10 Å². The minimum absolute atomic E-state index is 0.0112. The van der Waals surface area contributed by atoms with Crippen LogP contribution in [0.3, 0.4) is 0 Å². The van der Waals surface area contributed by atoms with Crippen LogP contribution in [0.1, 0.15) is 30.0 Å². The van der Waals surface area contributed by atoms with Crippen LogP contribution in [0.5, 0.6) is 0 Å². The maximum absolute atomic E-state index is 12.3. The molecule has 0 radical (unpaired) electrons. The van der Waals surface area contributed by atoms with Gasteiger partial charge in [0.2, 0.25) is 5.91 Å². The zero-order valence-electron chi connectivity index (χ0n) is 12.6. The summed E-state index contributed by atoms with van der Waals surface area (Å²) in [6, 6.07) is 13.1. The lowest BCUT2D eigenvalue weighted by atomic mass is 10.2. The molecule has 1 saturated carbocycles. The van der Waals surface area contributed by atoms with Crippen molar-refractivity contribution in [1.82, 2.24) is 14.7 Å². The van der Waals surface area contributed by atoms with Crippen molar-refractivity contribution in [2.24, 2.45) is 0 Å². The highest BCUT2D eigenvalue weighted by atomic mass is 16.2. The molecule has 5 nitrogen and oxygen atoms in total. The van der Waals surface area contributed by atoms with E-state index in [2.05, 4.69) is 5.10 Å². The van der Waals surface area contributed by atoms with Crippen molar-refractivity contribution in [2.75, 3.05) is 7.05 Å². The lowest BCUT2D eigenvalue weighted by Crippen LogP contribution is -2.34. The first-order valence-electron chi connectivity index (χ1n) is 7.49. The van der Waals surface area contributed by atoms with Crippen LogP contribution in [0.15, 0.2) is 47.3 Å². The minimum atomic E-state index is -0.231. The number of benzene rings is 1. The number of carbonyl (C=O) groups is 1. The molecule has 0 aliphatic heterocycles. The summed E-state index contributed by atoms with van der Waals surface area (Å²) in [6.07, 6.45) is 2.24. The van der Waals surface area contributed by atoms with Crippen molar-refractivity contribution < 1.29 is 4.79 Å². The molecule has 1 fully saturated rings. The van der Waals surface area contributed by atoms with Crippen LogP contribution in [0.2, 0.25) is 0 Å². The molecule has 1 aromatic heterocycles. The van der Waals surface area contributed by atoms with E-state index < -0.39 is 0 Å². The molecule has 1 aliphatic carbocycles. The topological polar surface area (TPSA) is 55.2 Å². The fourth-order valence-corrected chi connectivity index (χ4v) is 2.37. The lowest BCUT2D eigenvalue weighted by molar-refractivity contribution is -0.131. The average Bonchev–Trinajstić information content (AvgIpc) is 3.35. The van der Waals surface area contributed by atoms with Gasteiger partial charge in [0.05, 0.1) is 5.69 Å². The van der Waals surface area contributed by atoms with Gasteiger partial charge < -0.3 is 4.90 Å². The second-order valence-corrected chi connectivity index (χ2v) is 5.76. The third kappa shape index (κ3) is 3.42. The highest BCUT2D eigenvalue weighted by molar-refractivity contribution is 5.75. The molecule has 0 N–H and O–H groups in total. The minimum Gasteiger partial charge on any atom is -0.340 e. The number of aromatic nitrogens is 2. The summed E-state index contributed by atoms with van der Waals surface area (Å²) < 4.78 is 1.28. The van der Waals surface area contributed by atoms with E-state index in [0.29, 0.717) is 12.5 Å². The number of carbonyl (C=O) groups excluding carboxylic acids is 1. The molecule has 0 saturated heterocycles. The SMILES string of the molecule is CN(Cc1ccccc1)C(=O)Cn1nc(C2CC2)ccc1=O. The van der Waals surface area contributed by atoms with Crippen molar-refractivity contribution in [2.45, 2.75) is 31.8 Å². The number of rotatable bonds is 5. The molecule has 114 valence electrons. The van der Waals surface area contributed by atoms with Crippen molar-refractivity contribution in [3.05, 3.63) is 64.1 Å². The van der Waals surface area contributed by atoms with Crippen molar-refractivity contribution >= 4 is 5.91 Å². The van der Waals surface area contributed by atoms with E-state index in [4.69, 9.17) is 0 Å². The summed E-state index contributed by atoms with van der Waals surface area (Å²) in [7, 11) is 1.74. The molecule has 0 spiro atoms. The quantitative estimate of drug-likeness (QED) is 0.845. The largest absolute Gasteiger partial charge is 0.340 e. The summed E-state index contributed by atoms with van der Waals surface area (Å²) in [4.78, 5) is 25.8. The highest BCUT2D eigenvalue weighted by Crippen LogP contribution is 2.38. The normalized spacial score (nSPS) is 13.9. The first kappa shape index (κ1) is 14.5. The Morgan fingerprint density at radius 1 is 1.23 bits per heavy atom. The van der Waals surface area contributed by atoms with E-state index in [-0.39, 0.29) is 18.0 Å². The third-order valence-electron chi connectivity index (χ3n) is 3.86. The number of likely N-dealkylation sites (N-methyl/N-ethyl adjacent to an activating group) is 1. The van der Waals surface area contributed by atoms with Gasteiger partial charge in [-0.15, -0.1) is 0 Å². The Labute approximate surface area is 129 Å². The number of amides is 1. The average molecular weight is 297 g/mol. The number of hydrogen-bond acceptors (Lipinski definition) is 3. The highest BCUT2D eigenvalue weighted by Gasteiger charge is 2.25. The lowest BCUT2D eigenvalue weighted by Gasteiger charge is -2.17. The van der Waals surface area contributed by atoms with Gasteiger partial charge in [-0.3, -0.25) is 9.59 Å². The Kier molecular flexibility index (Phi) is 4.04. The molecule has 1 amide bonds. The maximum atomic E-state index is 12.3. The van der Waals surface area contributed by atoms with Gasteiger partial charge in [-0.1, -0.05) is 30.3 Å². The van der Waals surface area contributed by atoms with Crippen molar-refractivity contribution in [3.8, 4) is 0 Å². The van der Waals surface area contributed by atoms with Gasteiger partial charge in [-0.25, -0.2) is 4.68 Å². The van der Waals surface area contributed by atoms with Gasteiger partial charge in [0.15, 0.2) is 0 Å². The zero-order valence-corrected chi connectivity index (χ0v) is 12.6. The van der Waals surface area contributed by atoms with Crippen molar-refractivity contribution in [1.29, 1.82) is 0 Å². The molecule has 1 aromatic carbocycles. The van der Waals surface area contributed by atoms with Gasteiger partial charge in [-0.05, 0) is 24.5 Å². The van der Waals surface area contributed by atoms with E-state index in [9.17, 15) is 9.59 Å². The molecule has 5 heteroatoms. The van der Waals surface area contributed by atoms with Gasteiger partial charge >= 0.3 is 0 Å². The van der Waals surface area contributed by atoms with E-state index in [1.54, 1.807) is 18.0 Å². The van der Waals surface area contributed by atoms with Crippen molar-refractivity contribution in [3.63, 3.8) is 0 Å². The summed E-state index contributed by atoms with van der Waals surface area (Å²) in [6.45, 7) is 0.513. The second kappa shape index (κ2) is 6.13. The molecular weight excluding hydrogens is 278 g/mol. The van der Waals surface area contributed by atoms with Crippen LogP contribution in [-0.4, -0.2) is 27.6 Å². The summed E-state index contributed by atoms with van der Waals surface area (Å²) in [5.74, 6) is 0.343. The Morgan fingerprint density at radius 3 is 2.64 bits per heavy atom. The van der Waals surface area contributed by atoms with E-state index in [0.717, 1.165) is 24.1 Å². The van der Waals surface area contributed by atoms with Crippen LogP contribution < -0.4 is 5.56 Å². The monoisotopic (exact) mass is 297 g/mol. The predicted molar refractivity (Wildman–Crippen MR) is 83.4 cm³/mol. The molecule has 0 unspecified atom stereocenters. The van der Waals surface area contributed by atoms with Gasteiger partial charge in [0.1, 0.15) is 6.54 Å². The van der Waals surface area contributed by atoms with E-state index in [1.807, 2.05) is 30.3 Å². The Balaban J connectivity index is 1.68. The molecule has 3 rings (SSSR count). The van der Waals surface area contributed by atoms with Gasteiger partial charge in [0, 0.05) is 25.6 Å². The molecule has 2 aromatic rings. The summed E-state index contributed by atoms with van der Waals surface area (Å²) >= 11 is 0. The van der Waals surface area contributed by atoms with Crippen LogP contribution in [-0.2, 0) is 17.9 Å². The Morgan fingerprint density at radius 2 is 1.95 bits per heavy atom. The van der Waals surface area contributed by atoms with Crippen LogP contribution in [0, 0.1) is 0 Å². The third-order valence-corrected chi connectivity index (χ3v) is 3.86. The Bertz CT molecular complexity index is 720. The fraction of sp³-hybridized carbons (Fsp3) is 0.353. The molecule has 0 atom stereocenters. The summed E-state index contributed by atoms with van der Waals surface area (Å²) in [5, 5.41) is 4.32. The summed E-state index contributed by atoms with van der Waals surface area (Å²) in [5.41, 5.74) is 1.74. The second-order valence-electron chi connectivity index (χ2n) is 5.76. The number of hydrogen-bond donors (Lipinski definition) is 0. The van der Waals surface area contributed by atoms with Gasteiger partial charge in [0.25, 0.3) is 5.56 Å². The molecule has 22 heavy (non-hydrogen) atoms. The van der Waals surface area contributed by atoms with E-state index in [1.165, 1.54) is 10.7 Å². The zero-order chi connectivity index (χ0) is 15.5. The predicted octanol–water partition coefficient (Wildman–Crippen LogP) is 1.78. The first-order valence-corrected chi connectivity index (χ1v) is 7.49. The molecule has 0 bridgehead atoms. The van der Waals surface area contributed by atoms with Crippen LogP contribution in [0.4, 0.5) is 0 Å². The van der Waals surface area contributed by atoms with Crippen LogP contribution >= 0.6 is 0 Å². The van der Waals surface area contributed by atoms with Crippen LogP contribution in [0.25, 0.3) is 0 Å². The first-order chi connectivity index (χ1) is 10.6. The van der Waals surface area contributed by atoms with E-state index >= 15 is 0 Å². The molecule has 1 heterocycles. The molecular formula is C17H19N3O2. The standard InChI is InChI=1S/C17H19N3O2/c1-19(11-13-5-3-2-4-6-13)17(22)12-20-16(21)10-9-15(18-20)14-7-8-14/h2-6,9-10,14H,7-8,11-12H2,1H3. The molecule has 1 aliphatic rings. The Hall–Kier alpha value is -2.43. The smallest absolute Gasteiger partial charge is 0.267 e. The maximum Gasteiger partial charge on any atom is 0.267 e.